The highest BCUT2D eigenvalue weighted by atomic mass is 32.1. The van der Waals surface area contributed by atoms with Crippen LogP contribution in [0.2, 0.25) is 0 Å². The number of nitrogens with zero attached hydrogens (tertiary/aromatic N) is 2. The molecule has 0 radical (unpaired) electrons. The van der Waals surface area contributed by atoms with Crippen molar-refractivity contribution < 1.29 is 9.90 Å². The predicted molar refractivity (Wildman–Crippen MR) is 57.5 cm³/mol. The molecule has 0 unspecified atom stereocenters. The van der Waals surface area contributed by atoms with Crippen molar-refractivity contribution in [1.29, 1.82) is 0 Å². The molecule has 3 aromatic rings. The Morgan fingerprint density at radius 3 is 3.00 bits per heavy atom. The Kier molecular flexibility index (Phi) is 1.58. The van der Waals surface area contributed by atoms with E-state index in [9.17, 15) is 4.79 Å². The zero-order valence-electron chi connectivity index (χ0n) is 7.54. The molecule has 0 aliphatic rings. The molecule has 3 rings (SSSR count). The molecule has 0 aliphatic heterocycles. The molecule has 74 valence electrons. The van der Waals surface area contributed by atoms with E-state index in [0.29, 0.717) is 4.96 Å². The molecule has 5 heteroatoms. The molecule has 0 aliphatic carbocycles. The SMILES string of the molecule is O=C(O)c1cnc2sc3ccccc3n12. The van der Waals surface area contributed by atoms with Gasteiger partial charge >= 0.3 is 5.97 Å². The maximum absolute atomic E-state index is 11.0. The number of carboxylic acid groups (broad SMARTS) is 1. The van der Waals surface area contributed by atoms with Crippen molar-refractivity contribution >= 4 is 32.5 Å². The highest BCUT2D eigenvalue weighted by molar-refractivity contribution is 7.23. The van der Waals surface area contributed by atoms with Crippen LogP contribution in [0.5, 0.6) is 0 Å². The van der Waals surface area contributed by atoms with E-state index in [1.54, 1.807) is 4.40 Å². The number of carbonyl (C=O) groups is 1. The van der Waals surface area contributed by atoms with Gasteiger partial charge in [0.2, 0.25) is 0 Å². The number of fused-ring (bicyclic) bond motifs is 3. The second-order valence-corrected chi connectivity index (χ2v) is 4.15. The average Bonchev–Trinajstić information content (AvgIpc) is 2.74. The standard InChI is InChI=1S/C10H6N2O2S/c13-9(14)7-5-11-10-12(7)6-3-1-2-4-8(6)15-10/h1-5H,(H,13,14). The fraction of sp³-hybridized carbons (Fsp3) is 0. The van der Waals surface area contributed by atoms with E-state index in [1.807, 2.05) is 24.3 Å². The lowest BCUT2D eigenvalue weighted by Gasteiger charge is -1.93. The van der Waals surface area contributed by atoms with Gasteiger partial charge in [-0.2, -0.15) is 0 Å². The van der Waals surface area contributed by atoms with Crippen molar-refractivity contribution in [1.82, 2.24) is 9.38 Å². The number of thiazole rings is 1. The molecular formula is C10H6N2O2S. The minimum Gasteiger partial charge on any atom is -0.477 e. The molecule has 0 saturated heterocycles. The van der Waals surface area contributed by atoms with E-state index in [2.05, 4.69) is 4.98 Å². The molecule has 0 amide bonds. The molecule has 4 nitrogen and oxygen atoms in total. The number of hydrogen-bond donors (Lipinski definition) is 1. The lowest BCUT2D eigenvalue weighted by Crippen LogP contribution is -2.00. The first-order chi connectivity index (χ1) is 7.27. The number of aromatic carboxylic acids is 1. The molecule has 2 aromatic heterocycles. The van der Waals surface area contributed by atoms with Gasteiger partial charge in [0.15, 0.2) is 10.7 Å². The van der Waals surface area contributed by atoms with Gasteiger partial charge in [-0.25, -0.2) is 9.78 Å². The fourth-order valence-corrected chi connectivity index (χ4v) is 2.62. The van der Waals surface area contributed by atoms with Gasteiger partial charge in [-0.1, -0.05) is 23.5 Å². The van der Waals surface area contributed by atoms with Crippen LogP contribution in [0.1, 0.15) is 10.5 Å². The Hall–Kier alpha value is -1.88. The van der Waals surface area contributed by atoms with Crippen LogP contribution in [0, 0.1) is 0 Å². The molecule has 2 heterocycles. The van der Waals surface area contributed by atoms with Crippen LogP contribution in [0.25, 0.3) is 15.2 Å². The molecule has 0 fully saturated rings. The Balaban J connectivity index is 2.54. The van der Waals surface area contributed by atoms with E-state index < -0.39 is 5.97 Å². The molecular weight excluding hydrogens is 212 g/mol. The first-order valence-corrected chi connectivity index (χ1v) is 5.17. The largest absolute Gasteiger partial charge is 0.477 e. The molecule has 1 aromatic carbocycles. The Labute approximate surface area is 88.4 Å². The number of imidazole rings is 1. The van der Waals surface area contributed by atoms with Gasteiger partial charge in [-0.05, 0) is 12.1 Å². The van der Waals surface area contributed by atoms with Crippen molar-refractivity contribution in [2.24, 2.45) is 0 Å². The molecule has 15 heavy (non-hydrogen) atoms. The summed E-state index contributed by atoms with van der Waals surface area (Å²) >= 11 is 1.49. The van der Waals surface area contributed by atoms with Crippen LogP contribution in [0.4, 0.5) is 0 Å². The smallest absolute Gasteiger partial charge is 0.354 e. The summed E-state index contributed by atoms with van der Waals surface area (Å²) in [5.41, 5.74) is 1.11. The monoisotopic (exact) mass is 218 g/mol. The quantitative estimate of drug-likeness (QED) is 0.681. The van der Waals surface area contributed by atoms with E-state index in [4.69, 9.17) is 5.11 Å². The molecule has 1 N–H and O–H groups in total. The zero-order valence-corrected chi connectivity index (χ0v) is 8.36. The number of carboxylic acids is 1. The van der Waals surface area contributed by atoms with Crippen LogP contribution in [0.3, 0.4) is 0 Å². The van der Waals surface area contributed by atoms with Crippen LogP contribution >= 0.6 is 11.3 Å². The Bertz CT molecular complexity index is 668. The van der Waals surface area contributed by atoms with Crippen LogP contribution in [-0.2, 0) is 0 Å². The van der Waals surface area contributed by atoms with Gasteiger partial charge in [0.05, 0.1) is 16.4 Å². The van der Waals surface area contributed by atoms with Crippen LogP contribution < -0.4 is 0 Å². The normalized spacial score (nSPS) is 11.2. The van der Waals surface area contributed by atoms with Gasteiger partial charge in [-0.3, -0.25) is 4.40 Å². The second kappa shape index (κ2) is 2.80. The summed E-state index contributed by atoms with van der Waals surface area (Å²) in [4.78, 5) is 15.8. The maximum Gasteiger partial charge on any atom is 0.354 e. The van der Waals surface area contributed by atoms with Gasteiger partial charge in [0.25, 0.3) is 0 Å². The van der Waals surface area contributed by atoms with Gasteiger partial charge in [0, 0.05) is 0 Å². The highest BCUT2D eigenvalue weighted by Gasteiger charge is 2.14. The number of benzene rings is 1. The van der Waals surface area contributed by atoms with Gasteiger partial charge < -0.3 is 5.11 Å². The summed E-state index contributed by atoms with van der Waals surface area (Å²) in [6.07, 6.45) is 1.39. The third-order valence-corrected chi connectivity index (χ3v) is 3.29. The van der Waals surface area contributed by atoms with Crippen molar-refractivity contribution in [3.63, 3.8) is 0 Å². The summed E-state index contributed by atoms with van der Waals surface area (Å²) < 4.78 is 2.71. The predicted octanol–water partition coefficient (Wildman–Crippen LogP) is 2.25. The lowest BCUT2D eigenvalue weighted by molar-refractivity contribution is 0.0690. The average molecular weight is 218 g/mol. The van der Waals surface area contributed by atoms with Crippen molar-refractivity contribution in [3.8, 4) is 0 Å². The first kappa shape index (κ1) is 8.43. The van der Waals surface area contributed by atoms with Crippen molar-refractivity contribution in [2.45, 2.75) is 0 Å². The van der Waals surface area contributed by atoms with E-state index >= 15 is 0 Å². The zero-order chi connectivity index (χ0) is 10.4. The number of para-hydroxylation sites is 1. The summed E-state index contributed by atoms with van der Waals surface area (Å²) in [5, 5.41) is 8.99. The summed E-state index contributed by atoms with van der Waals surface area (Å²) in [5.74, 6) is -0.953. The Morgan fingerprint density at radius 1 is 1.40 bits per heavy atom. The van der Waals surface area contributed by atoms with E-state index in [-0.39, 0.29) is 5.69 Å². The first-order valence-electron chi connectivity index (χ1n) is 4.35. The highest BCUT2D eigenvalue weighted by Crippen LogP contribution is 2.26. The third-order valence-electron chi connectivity index (χ3n) is 2.26. The molecule has 0 spiro atoms. The van der Waals surface area contributed by atoms with E-state index in [1.165, 1.54) is 17.5 Å². The van der Waals surface area contributed by atoms with Crippen molar-refractivity contribution in [3.05, 3.63) is 36.2 Å². The van der Waals surface area contributed by atoms with Crippen LogP contribution in [-0.4, -0.2) is 20.5 Å². The molecule has 0 atom stereocenters. The van der Waals surface area contributed by atoms with Gasteiger partial charge in [0.1, 0.15) is 0 Å². The summed E-state index contributed by atoms with van der Waals surface area (Å²) in [7, 11) is 0. The van der Waals surface area contributed by atoms with Gasteiger partial charge in [-0.15, -0.1) is 0 Å². The van der Waals surface area contributed by atoms with Crippen molar-refractivity contribution in [2.75, 3.05) is 0 Å². The maximum atomic E-state index is 11.0. The number of aromatic nitrogens is 2. The minimum atomic E-state index is -0.953. The summed E-state index contributed by atoms with van der Waals surface area (Å²) in [6, 6.07) is 7.67. The fourth-order valence-electron chi connectivity index (χ4n) is 1.62. The molecule has 0 saturated carbocycles. The number of hydrogen-bond acceptors (Lipinski definition) is 3. The van der Waals surface area contributed by atoms with Crippen LogP contribution in [0.15, 0.2) is 30.5 Å². The second-order valence-electron chi connectivity index (χ2n) is 3.14. The minimum absolute atomic E-state index is 0.211. The third kappa shape index (κ3) is 1.07. The molecule has 0 bridgehead atoms. The summed E-state index contributed by atoms with van der Waals surface area (Å²) in [6.45, 7) is 0. The lowest BCUT2D eigenvalue weighted by atomic mass is 10.3. The topological polar surface area (TPSA) is 54.6 Å². The number of rotatable bonds is 1. The van der Waals surface area contributed by atoms with E-state index in [0.717, 1.165) is 10.2 Å². The Morgan fingerprint density at radius 2 is 2.20 bits per heavy atom.